The minimum Gasteiger partial charge on any atom is -0.507 e. The van der Waals surface area contributed by atoms with Crippen LogP contribution >= 0.6 is 0 Å². The summed E-state index contributed by atoms with van der Waals surface area (Å²) in [7, 11) is -4.04. The van der Waals surface area contributed by atoms with E-state index in [1.165, 1.54) is 0 Å². The first kappa shape index (κ1) is 16.2. The van der Waals surface area contributed by atoms with Crippen molar-refractivity contribution in [2.75, 3.05) is 0 Å². The molecule has 0 spiro atoms. The van der Waals surface area contributed by atoms with Gasteiger partial charge in [0.2, 0.25) is 9.84 Å². The van der Waals surface area contributed by atoms with Crippen LogP contribution in [0.5, 0.6) is 5.75 Å². The van der Waals surface area contributed by atoms with Gasteiger partial charge < -0.3 is 5.11 Å². The number of aromatic hydroxyl groups is 1. The van der Waals surface area contributed by atoms with Crippen LogP contribution in [0.3, 0.4) is 0 Å². The highest BCUT2D eigenvalue weighted by Gasteiger charge is 2.45. The summed E-state index contributed by atoms with van der Waals surface area (Å²) in [5.41, 5.74) is 1.59. The Morgan fingerprint density at radius 3 is 1.72 bits per heavy atom. The van der Waals surface area contributed by atoms with Gasteiger partial charge in [-0.25, -0.2) is 8.42 Å². The molecule has 3 nitrogen and oxygen atoms in total. The van der Waals surface area contributed by atoms with Crippen molar-refractivity contribution in [3.05, 3.63) is 71.8 Å². The lowest BCUT2D eigenvalue weighted by Crippen LogP contribution is -2.20. The standard InChI is InChI=1S/C20H16O3S2/c1-13-11-15(12-14(2)20(13)21)24-16-7-3-5-9-18(16)25(22,23)19-10-6-4-8-17(19)24/h3-12H,1-2H3/p+1. The van der Waals surface area contributed by atoms with Crippen molar-refractivity contribution < 1.29 is 13.5 Å². The Balaban J connectivity index is 2.08. The maximum absolute atomic E-state index is 13.0. The monoisotopic (exact) mass is 369 g/mol. The Hall–Kier alpha value is -2.24. The molecule has 0 amide bonds. The number of phenols is 1. The van der Waals surface area contributed by atoms with E-state index < -0.39 is 20.7 Å². The second-order valence-corrected chi connectivity index (χ2v) is 9.96. The molecule has 0 saturated carbocycles. The molecule has 0 aliphatic carbocycles. The molecule has 25 heavy (non-hydrogen) atoms. The largest absolute Gasteiger partial charge is 0.507 e. The average molecular weight is 369 g/mol. The minimum absolute atomic E-state index is 0.290. The first-order valence-electron chi connectivity index (χ1n) is 7.89. The Kier molecular flexibility index (Phi) is 3.67. The summed E-state index contributed by atoms with van der Waals surface area (Å²) in [5.74, 6) is 0.290. The number of hydrogen-bond donors (Lipinski definition) is 1. The van der Waals surface area contributed by atoms with E-state index in [2.05, 4.69) is 0 Å². The topological polar surface area (TPSA) is 54.4 Å². The molecule has 5 heteroatoms. The fourth-order valence-corrected chi connectivity index (χ4v) is 8.08. The first-order chi connectivity index (χ1) is 11.9. The van der Waals surface area contributed by atoms with Gasteiger partial charge in [-0.1, -0.05) is 24.3 Å². The van der Waals surface area contributed by atoms with E-state index in [4.69, 9.17) is 0 Å². The van der Waals surface area contributed by atoms with Crippen LogP contribution in [0.15, 0.2) is 85.1 Å². The summed E-state index contributed by atoms with van der Waals surface area (Å²) >= 11 is 0. The van der Waals surface area contributed by atoms with Crippen molar-refractivity contribution in [1.29, 1.82) is 0 Å². The molecule has 1 heterocycles. The van der Waals surface area contributed by atoms with Crippen molar-refractivity contribution in [3.63, 3.8) is 0 Å². The molecule has 0 unspecified atom stereocenters. The molecule has 3 aromatic rings. The number of benzene rings is 3. The minimum atomic E-state index is -3.51. The van der Waals surface area contributed by atoms with Crippen LogP contribution in [-0.2, 0) is 20.7 Å². The zero-order valence-corrected chi connectivity index (χ0v) is 15.5. The van der Waals surface area contributed by atoms with Gasteiger partial charge in [0.05, 0.1) is 0 Å². The third-order valence-corrected chi connectivity index (χ3v) is 8.84. The zero-order chi connectivity index (χ0) is 17.8. The van der Waals surface area contributed by atoms with E-state index in [-0.39, 0.29) is 0 Å². The molecular weight excluding hydrogens is 352 g/mol. The average Bonchev–Trinajstić information content (AvgIpc) is 2.60. The van der Waals surface area contributed by atoms with Crippen molar-refractivity contribution in [2.45, 2.75) is 38.3 Å². The quantitative estimate of drug-likeness (QED) is 0.510. The fourth-order valence-electron chi connectivity index (χ4n) is 3.21. The van der Waals surface area contributed by atoms with Gasteiger partial charge >= 0.3 is 0 Å². The smallest absolute Gasteiger partial charge is 0.216 e. The van der Waals surface area contributed by atoms with Gasteiger partial charge in [-0.15, -0.1) is 0 Å². The highest BCUT2D eigenvalue weighted by atomic mass is 32.2. The predicted molar refractivity (Wildman–Crippen MR) is 98.1 cm³/mol. The van der Waals surface area contributed by atoms with Crippen LogP contribution in [-0.4, -0.2) is 13.5 Å². The summed E-state index contributed by atoms with van der Waals surface area (Å²) in [6, 6.07) is 18.3. The van der Waals surface area contributed by atoms with Gasteiger partial charge in [-0.05, 0) is 49.2 Å². The van der Waals surface area contributed by atoms with Crippen LogP contribution < -0.4 is 0 Å². The molecule has 1 aliphatic heterocycles. The number of rotatable bonds is 1. The van der Waals surface area contributed by atoms with E-state index >= 15 is 0 Å². The Labute approximate surface area is 150 Å². The molecule has 126 valence electrons. The molecule has 1 aliphatic rings. The first-order valence-corrected chi connectivity index (χ1v) is 10.6. The third kappa shape index (κ3) is 2.38. The molecule has 0 fully saturated rings. The SMILES string of the molecule is Cc1cc([S+]2c3ccccc3S(=O)(=O)c3ccccc32)cc(C)c1O. The van der Waals surface area contributed by atoms with Crippen LogP contribution in [0, 0.1) is 13.8 Å². The molecule has 1 N–H and O–H groups in total. The fraction of sp³-hybridized carbons (Fsp3) is 0.100. The van der Waals surface area contributed by atoms with Gasteiger partial charge in [0.15, 0.2) is 14.7 Å². The molecule has 0 saturated heterocycles. The molecule has 0 atom stereocenters. The van der Waals surface area contributed by atoms with E-state index in [9.17, 15) is 13.5 Å². The second-order valence-electron chi connectivity index (χ2n) is 6.11. The second kappa shape index (κ2) is 5.64. The lowest BCUT2D eigenvalue weighted by molar-refractivity contribution is 0.466. The summed E-state index contributed by atoms with van der Waals surface area (Å²) in [4.78, 5) is 3.39. The van der Waals surface area contributed by atoms with E-state index in [0.717, 1.165) is 25.8 Å². The zero-order valence-electron chi connectivity index (χ0n) is 13.9. The highest BCUT2D eigenvalue weighted by Crippen LogP contribution is 2.45. The molecule has 0 radical (unpaired) electrons. The molecule has 4 rings (SSSR count). The van der Waals surface area contributed by atoms with Gasteiger partial charge in [0, 0.05) is 12.1 Å². The summed E-state index contributed by atoms with van der Waals surface area (Å²) < 4.78 is 26.0. The molecule has 3 aromatic carbocycles. The lowest BCUT2D eigenvalue weighted by Gasteiger charge is -2.20. The van der Waals surface area contributed by atoms with Crippen LogP contribution in [0.1, 0.15) is 11.1 Å². The molecular formula is C20H17O3S2+. The molecule has 0 bridgehead atoms. The third-order valence-electron chi connectivity index (χ3n) is 4.42. The van der Waals surface area contributed by atoms with Crippen molar-refractivity contribution in [2.24, 2.45) is 0 Å². The van der Waals surface area contributed by atoms with Crippen LogP contribution in [0.2, 0.25) is 0 Å². The van der Waals surface area contributed by atoms with Gasteiger partial charge in [0.25, 0.3) is 0 Å². The maximum atomic E-state index is 13.0. The van der Waals surface area contributed by atoms with Crippen molar-refractivity contribution >= 4 is 20.7 Å². The van der Waals surface area contributed by atoms with E-state index in [0.29, 0.717) is 15.5 Å². The van der Waals surface area contributed by atoms with Crippen molar-refractivity contribution in [1.82, 2.24) is 0 Å². The number of phenolic OH excluding ortho intramolecular Hbond substituents is 1. The summed E-state index contributed by atoms with van der Waals surface area (Å²) in [6.45, 7) is 3.74. The van der Waals surface area contributed by atoms with Gasteiger partial charge in [-0.3, -0.25) is 0 Å². The predicted octanol–water partition coefficient (Wildman–Crippen LogP) is 4.25. The van der Waals surface area contributed by atoms with Crippen LogP contribution in [0.25, 0.3) is 0 Å². The Morgan fingerprint density at radius 1 is 0.800 bits per heavy atom. The van der Waals surface area contributed by atoms with Gasteiger partial charge in [0.1, 0.15) is 26.4 Å². The number of hydrogen-bond acceptors (Lipinski definition) is 3. The Morgan fingerprint density at radius 2 is 1.24 bits per heavy atom. The van der Waals surface area contributed by atoms with E-state index in [1.807, 2.05) is 50.2 Å². The lowest BCUT2D eigenvalue weighted by atomic mass is 10.1. The maximum Gasteiger partial charge on any atom is 0.216 e. The normalized spacial score (nSPS) is 15.4. The number of sulfone groups is 1. The van der Waals surface area contributed by atoms with Crippen molar-refractivity contribution in [3.8, 4) is 5.75 Å². The number of fused-ring (bicyclic) bond motifs is 2. The summed E-state index contributed by atoms with van der Waals surface area (Å²) in [6.07, 6.45) is 0. The molecule has 0 aromatic heterocycles. The van der Waals surface area contributed by atoms with Crippen LogP contribution in [0.4, 0.5) is 0 Å². The highest BCUT2D eigenvalue weighted by molar-refractivity contribution is 8.00. The number of aryl methyl sites for hydroxylation is 2. The van der Waals surface area contributed by atoms with E-state index in [1.54, 1.807) is 24.3 Å². The Bertz CT molecular complexity index is 1020. The summed E-state index contributed by atoms with van der Waals surface area (Å²) in [5, 5.41) is 10.1. The van der Waals surface area contributed by atoms with Gasteiger partial charge in [-0.2, -0.15) is 0 Å².